The molecule has 0 spiro atoms. The number of carbonyl (C=O) groups excluding carboxylic acids is 1. The molecule has 1 amide bonds. The van der Waals surface area contributed by atoms with Crippen LogP contribution in [0.1, 0.15) is 25.1 Å². The van der Waals surface area contributed by atoms with Gasteiger partial charge in [0.2, 0.25) is 5.91 Å². The molecule has 0 radical (unpaired) electrons. The van der Waals surface area contributed by atoms with E-state index < -0.39 is 11.9 Å². The number of alkyl halides is 3. The van der Waals surface area contributed by atoms with Crippen LogP contribution < -0.4 is 5.32 Å². The summed E-state index contributed by atoms with van der Waals surface area (Å²) in [4.78, 5) is 11.1. The summed E-state index contributed by atoms with van der Waals surface area (Å²) in [6, 6.07) is 13.6. The SMILES string of the molecule is CCc1cnn(-c2ccc(-c3cn(-c4ccc(NC(C)=O)cc4)nn3)cc2)c1C(F)(F)F. The summed E-state index contributed by atoms with van der Waals surface area (Å²) < 4.78 is 43.0. The first-order valence-corrected chi connectivity index (χ1v) is 9.81. The van der Waals surface area contributed by atoms with Crippen LogP contribution in [0.5, 0.6) is 0 Å². The maximum absolute atomic E-state index is 13.5. The monoisotopic (exact) mass is 440 g/mol. The molecule has 2 aromatic carbocycles. The number of anilines is 1. The van der Waals surface area contributed by atoms with E-state index in [1.54, 1.807) is 66.3 Å². The second-order valence-corrected chi connectivity index (χ2v) is 7.10. The topological polar surface area (TPSA) is 77.6 Å². The Morgan fingerprint density at radius 1 is 1.03 bits per heavy atom. The first-order valence-electron chi connectivity index (χ1n) is 9.81. The van der Waals surface area contributed by atoms with E-state index in [-0.39, 0.29) is 17.9 Å². The van der Waals surface area contributed by atoms with Crippen LogP contribution >= 0.6 is 0 Å². The largest absolute Gasteiger partial charge is 0.433 e. The molecule has 4 aromatic rings. The van der Waals surface area contributed by atoms with Gasteiger partial charge in [-0.25, -0.2) is 9.36 Å². The molecule has 2 aromatic heterocycles. The number of aromatic nitrogens is 5. The summed E-state index contributed by atoms with van der Waals surface area (Å²) in [7, 11) is 0. The summed E-state index contributed by atoms with van der Waals surface area (Å²) in [5.74, 6) is -0.160. The third-order valence-electron chi connectivity index (χ3n) is 4.85. The van der Waals surface area contributed by atoms with Crippen molar-refractivity contribution >= 4 is 11.6 Å². The van der Waals surface area contributed by atoms with E-state index in [9.17, 15) is 18.0 Å². The lowest BCUT2D eigenvalue weighted by Crippen LogP contribution is -2.15. The highest BCUT2D eigenvalue weighted by Gasteiger charge is 2.38. The fraction of sp³-hybridized carbons (Fsp3) is 0.182. The molecular formula is C22H19F3N6O. The lowest BCUT2D eigenvalue weighted by molar-refractivity contribution is -0.143. The van der Waals surface area contributed by atoms with E-state index in [4.69, 9.17) is 0 Å². The van der Waals surface area contributed by atoms with Crippen molar-refractivity contribution in [1.29, 1.82) is 0 Å². The first-order chi connectivity index (χ1) is 15.3. The standard InChI is InChI=1S/C22H19F3N6O/c1-3-15-12-26-31(21(15)22(23,24)25)19-8-4-16(5-9-19)20-13-30(29-28-20)18-10-6-17(7-11-18)27-14(2)32/h4-13H,3H2,1-2H3,(H,27,32). The molecule has 0 atom stereocenters. The van der Waals surface area contributed by atoms with E-state index >= 15 is 0 Å². The minimum Gasteiger partial charge on any atom is -0.326 e. The van der Waals surface area contributed by atoms with Crippen LogP contribution in [0.2, 0.25) is 0 Å². The lowest BCUT2D eigenvalue weighted by atomic mass is 10.1. The molecule has 0 unspecified atom stereocenters. The van der Waals surface area contributed by atoms with Crippen LogP contribution in [0.15, 0.2) is 60.9 Å². The molecule has 0 saturated carbocycles. The Kier molecular flexibility index (Phi) is 5.52. The van der Waals surface area contributed by atoms with Gasteiger partial charge in [0.25, 0.3) is 0 Å². The van der Waals surface area contributed by atoms with Gasteiger partial charge in [0.1, 0.15) is 5.69 Å². The lowest BCUT2D eigenvalue weighted by Gasteiger charge is -2.12. The van der Waals surface area contributed by atoms with Gasteiger partial charge in [-0.15, -0.1) is 5.10 Å². The number of benzene rings is 2. The molecule has 0 aliphatic heterocycles. The molecule has 1 N–H and O–H groups in total. The number of carbonyl (C=O) groups is 1. The molecule has 0 fully saturated rings. The number of hydrogen-bond acceptors (Lipinski definition) is 4. The fourth-order valence-corrected chi connectivity index (χ4v) is 3.34. The predicted octanol–water partition coefficient (Wildman–Crippen LogP) is 4.66. The summed E-state index contributed by atoms with van der Waals surface area (Å²) in [6.07, 6.45) is -1.30. The van der Waals surface area contributed by atoms with Crippen molar-refractivity contribution in [3.05, 3.63) is 72.2 Å². The van der Waals surface area contributed by atoms with Gasteiger partial charge >= 0.3 is 6.18 Å². The summed E-state index contributed by atoms with van der Waals surface area (Å²) in [6.45, 7) is 3.10. The highest BCUT2D eigenvalue weighted by Crippen LogP contribution is 2.34. The van der Waals surface area contributed by atoms with Gasteiger partial charge in [0.05, 0.1) is 23.8 Å². The molecule has 0 aliphatic carbocycles. The second kappa shape index (κ2) is 8.29. The van der Waals surface area contributed by atoms with E-state index in [0.717, 1.165) is 10.4 Å². The Bertz CT molecular complexity index is 1240. The van der Waals surface area contributed by atoms with Crippen molar-refractivity contribution in [3.8, 4) is 22.6 Å². The Hall–Kier alpha value is -3.95. The van der Waals surface area contributed by atoms with Crippen LogP contribution in [-0.2, 0) is 17.4 Å². The second-order valence-electron chi connectivity index (χ2n) is 7.10. The van der Waals surface area contributed by atoms with Crippen molar-refractivity contribution in [2.75, 3.05) is 5.32 Å². The molecule has 0 saturated heterocycles. The minimum absolute atomic E-state index is 0.147. The molecule has 164 valence electrons. The zero-order valence-electron chi connectivity index (χ0n) is 17.3. The molecule has 2 heterocycles. The molecular weight excluding hydrogens is 421 g/mol. The highest BCUT2D eigenvalue weighted by molar-refractivity contribution is 5.88. The number of hydrogen-bond donors (Lipinski definition) is 1. The summed E-state index contributed by atoms with van der Waals surface area (Å²) in [5.41, 5.74) is 2.37. The zero-order chi connectivity index (χ0) is 22.9. The Balaban J connectivity index is 1.58. The van der Waals surface area contributed by atoms with Gasteiger partial charge < -0.3 is 5.32 Å². The highest BCUT2D eigenvalue weighted by atomic mass is 19.4. The molecule has 0 bridgehead atoms. The maximum Gasteiger partial charge on any atom is 0.433 e. The number of amides is 1. The minimum atomic E-state index is -4.50. The van der Waals surface area contributed by atoms with Gasteiger partial charge in [0, 0.05) is 23.7 Å². The van der Waals surface area contributed by atoms with Crippen molar-refractivity contribution in [2.24, 2.45) is 0 Å². The van der Waals surface area contributed by atoms with Gasteiger partial charge in [0.15, 0.2) is 5.69 Å². The van der Waals surface area contributed by atoms with E-state index in [1.165, 1.54) is 13.1 Å². The van der Waals surface area contributed by atoms with Gasteiger partial charge in [-0.05, 0) is 42.8 Å². The Morgan fingerprint density at radius 2 is 1.69 bits per heavy atom. The summed E-state index contributed by atoms with van der Waals surface area (Å²) >= 11 is 0. The van der Waals surface area contributed by atoms with Gasteiger partial charge in [-0.1, -0.05) is 24.3 Å². The van der Waals surface area contributed by atoms with Crippen LogP contribution in [0.4, 0.5) is 18.9 Å². The fourth-order valence-electron chi connectivity index (χ4n) is 3.34. The predicted molar refractivity (Wildman–Crippen MR) is 113 cm³/mol. The molecule has 0 aliphatic rings. The van der Waals surface area contributed by atoms with E-state index in [1.807, 2.05) is 0 Å². The summed E-state index contributed by atoms with van der Waals surface area (Å²) in [5, 5.41) is 14.9. The Labute approximate surface area is 181 Å². The molecule has 7 nitrogen and oxygen atoms in total. The third kappa shape index (κ3) is 4.25. The quantitative estimate of drug-likeness (QED) is 0.490. The van der Waals surface area contributed by atoms with Crippen LogP contribution in [-0.4, -0.2) is 30.7 Å². The molecule has 32 heavy (non-hydrogen) atoms. The van der Waals surface area contributed by atoms with Crippen molar-refractivity contribution in [3.63, 3.8) is 0 Å². The number of aryl methyl sites for hydroxylation is 1. The number of nitrogens with one attached hydrogen (secondary N) is 1. The van der Waals surface area contributed by atoms with E-state index in [0.29, 0.717) is 22.6 Å². The van der Waals surface area contributed by atoms with Gasteiger partial charge in [-0.2, -0.15) is 18.3 Å². The Morgan fingerprint density at radius 3 is 2.28 bits per heavy atom. The van der Waals surface area contributed by atoms with Crippen LogP contribution in [0.25, 0.3) is 22.6 Å². The van der Waals surface area contributed by atoms with Crippen molar-refractivity contribution in [2.45, 2.75) is 26.4 Å². The first kappa shape index (κ1) is 21.3. The number of nitrogens with zero attached hydrogens (tertiary/aromatic N) is 5. The average Bonchev–Trinajstić information content (AvgIpc) is 3.41. The third-order valence-corrected chi connectivity index (χ3v) is 4.85. The number of rotatable bonds is 5. The van der Waals surface area contributed by atoms with Crippen molar-refractivity contribution in [1.82, 2.24) is 24.8 Å². The van der Waals surface area contributed by atoms with Crippen molar-refractivity contribution < 1.29 is 18.0 Å². The molecule has 4 rings (SSSR count). The maximum atomic E-state index is 13.5. The van der Waals surface area contributed by atoms with Gasteiger partial charge in [-0.3, -0.25) is 4.79 Å². The normalized spacial score (nSPS) is 11.5. The van der Waals surface area contributed by atoms with E-state index in [2.05, 4.69) is 20.7 Å². The smallest absolute Gasteiger partial charge is 0.326 e. The van der Waals surface area contributed by atoms with Crippen LogP contribution in [0.3, 0.4) is 0 Å². The van der Waals surface area contributed by atoms with Crippen LogP contribution in [0, 0.1) is 0 Å². The molecule has 10 heteroatoms. The number of halogens is 3. The zero-order valence-corrected chi connectivity index (χ0v) is 17.3. The average molecular weight is 440 g/mol.